The van der Waals surface area contributed by atoms with E-state index in [9.17, 15) is 0 Å². The number of benzene rings is 1. The molecule has 1 aliphatic heterocycles. The van der Waals surface area contributed by atoms with E-state index in [1.165, 1.54) is 11.3 Å². The fourth-order valence-electron chi connectivity index (χ4n) is 1.55. The highest BCUT2D eigenvalue weighted by molar-refractivity contribution is 5.57. The van der Waals surface area contributed by atoms with Crippen LogP contribution in [0.2, 0.25) is 0 Å². The Labute approximate surface area is 66.1 Å². The van der Waals surface area contributed by atoms with E-state index in [-0.39, 0.29) is 6.73 Å². The number of aliphatic hydroxyl groups is 1. The number of fused-ring (bicyclic) bond motifs is 1. The number of anilines is 1. The maximum Gasteiger partial charge on any atom is 0.115 e. The molecule has 0 aromatic heterocycles. The summed E-state index contributed by atoms with van der Waals surface area (Å²) in [4.78, 5) is 1.98. The van der Waals surface area contributed by atoms with Crippen LogP contribution in [0.1, 0.15) is 5.56 Å². The number of rotatable bonds is 1. The molecule has 1 aromatic rings. The molecule has 0 saturated heterocycles. The Hall–Kier alpha value is -1.02. The van der Waals surface area contributed by atoms with E-state index in [0.29, 0.717) is 0 Å². The molecule has 0 atom stereocenters. The lowest BCUT2D eigenvalue weighted by Gasteiger charge is -2.14. The topological polar surface area (TPSA) is 23.5 Å². The summed E-state index contributed by atoms with van der Waals surface area (Å²) in [6.07, 6.45) is 1.07. The minimum Gasteiger partial charge on any atom is -0.376 e. The summed E-state index contributed by atoms with van der Waals surface area (Å²) >= 11 is 0. The first-order valence-corrected chi connectivity index (χ1v) is 3.85. The highest BCUT2D eigenvalue weighted by atomic mass is 16.3. The molecular weight excluding hydrogens is 138 g/mol. The maximum atomic E-state index is 8.94. The molecule has 1 N–H and O–H groups in total. The summed E-state index contributed by atoms with van der Waals surface area (Å²) < 4.78 is 0. The second-order valence-electron chi connectivity index (χ2n) is 2.78. The Bertz CT molecular complexity index is 259. The minimum atomic E-state index is 0.136. The smallest absolute Gasteiger partial charge is 0.115 e. The van der Waals surface area contributed by atoms with Gasteiger partial charge in [0.05, 0.1) is 0 Å². The maximum absolute atomic E-state index is 8.94. The minimum absolute atomic E-state index is 0.136. The van der Waals surface area contributed by atoms with Gasteiger partial charge in [0.1, 0.15) is 6.73 Å². The molecule has 0 fully saturated rings. The van der Waals surface area contributed by atoms with Gasteiger partial charge >= 0.3 is 0 Å². The number of aliphatic hydroxyl groups excluding tert-OH is 1. The first-order chi connectivity index (χ1) is 5.42. The van der Waals surface area contributed by atoms with Gasteiger partial charge in [-0.05, 0) is 18.1 Å². The van der Waals surface area contributed by atoms with Gasteiger partial charge in [0.15, 0.2) is 0 Å². The number of nitrogens with zero attached hydrogens (tertiary/aromatic N) is 1. The van der Waals surface area contributed by atoms with Crippen LogP contribution in [0.5, 0.6) is 0 Å². The Morgan fingerprint density at radius 1 is 1.36 bits per heavy atom. The Balaban J connectivity index is 2.39. The molecule has 0 saturated carbocycles. The van der Waals surface area contributed by atoms with Crippen molar-refractivity contribution in [3.05, 3.63) is 29.8 Å². The average molecular weight is 149 g/mol. The predicted molar refractivity (Wildman–Crippen MR) is 44.6 cm³/mol. The molecule has 0 unspecified atom stereocenters. The number of hydrogen-bond donors (Lipinski definition) is 1. The van der Waals surface area contributed by atoms with Gasteiger partial charge in [0.2, 0.25) is 0 Å². The van der Waals surface area contributed by atoms with Gasteiger partial charge in [-0.15, -0.1) is 0 Å². The van der Waals surface area contributed by atoms with Crippen LogP contribution >= 0.6 is 0 Å². The third-order valence-electron chi connectivity index (χ3n) is 2.15. The summed E-state index contributed by atoms with van der Waals surface area (Å²) in [7, 11) is 0. The zero-order valence-corrected chi connectivity index (χ0v) is 6.33. The molecule has 58 valence electrons. The van der Waals surface area contributed by atoms with Crippen LogP contribution < -0.4 is 4.90 Å². The molecule has 2 heteroatoms. The van der Waals surface area contributed by atoms with Crippen LogP contribution in [0.15, 0.2) is 24.3 Å². The summed E-state index contributed by atoms with van der Waals surface area (Å²) in [6, 6.07) is 8.22. The van der Waals surface area contributed by atoms with Gasteiger partial charge in [-0.2, -0.15) is 0 Å². The van der Waals surface area contributed by atoms with Gasteiger partial charge in [-0.25, -0.2) is 0 Å². The normalized spacial score (nSPS) is 15.2. The zero-order valence-electron chi connectivity index (χ0n) is 6.33. The van der Waals surface area contributed by atoms with Crippen LogP contribution in [-0.4, -0.2) is 18.4 Å². The molecular formula is C9H11NO. The third-order valence-corrected chi connectivity index (χ3v) is 2.15. The van der Waals surface area contributed by atoms with Crippen LogP contribution in [0.3, 0.4) is 0 Å². The monoisotopic (exact) mass is 149 g/mol. The number of para-hydroxylation sites is 1. The molecule has 1 aliphatic rings. The molecule has 0 spiro atoms. The molecule has 0 radical (unpaired) electrons. The van der Waals surface area contributed by atoms with E-state index in [1.54, 1.807) is 0 Å². The van der Waals surface area contributed by atoms with E-state index in [4.69, 9.17) is 5.11 Å². The second-order valence-corrected chi connectivity index (χ2v) is 2.78. The van der Waals surface area contributed by atoms with Crippen molar-refractivity contribution in [2.75, 3.05) is 18.2 Å². The highest BCUT2D eigenvalue weighted by Gasteiger charge is 2.16. The van der Waals surface area contributed by atoms with E-state index in [0.717, 1.165) is 13.0 Å². The van der Waals surface area contributed by atoms with Crippen molar-refractivity contribution in [3.8, 4) is 0 Å². The molecule has 2 nitrogen and oxygen atoms in total. The largest absolute Gasteiger partial charge is 0.376 e. The van der Waals surface area contributed by atoms with Gasteiger partial charge in [0.25, 0.3) is 0 Å². The SMILES string of the molecule is OCN1CCc2ccccc21. The van der Waals surface area contributed by atoms with Crippen molar-refractivity contribution in [3.63, 3.8) is 0 Å². The van der Waals surface area contributed by atoms with Crippen molar-refractivity contribution in [1.82, 2.24) is 0 Å². The van der Waals surface area contributed by atoms with E-state index < -0.39 is 0 Å². The molecule has 0 amide bonds. The van der Waals surface area contributed by atoms with Crippen molar-refractivity contribution >= 4 is 5.69 Å². The zero-order chi connectivity index (χ0) is 7.68. The van der Waals surface area contributed by atoms with Crippen molar-refractivity contribution in [1.29, 1.82) is 0 Å². The second kappa shape index (κ2) is 2.55. The fourth-order valence-corrected chi connectivity index (χ4v) is 1.55. The van der Waals surface area contributed by atoms with Gasteiger partial charge in [0, 0.05) is 12.2 Å². The predicted octanol–water partition coefficient (Wildman–Crippen LogP) is 0.999. The summed E-state index contributed by atoms with van der Waals surface area (Å²) in [6.45, 7) is 1.09. The van der Waals surface area contributed by atoms with E-state index in [1.807, 2.05) is 17.0 Å². The molecule has 0 aliphatic carbocycles. The molecule has 1 aromatic carbocycles. The van der Waals surface area contributed by atoms with E-state index >= 15 is 0 Å². The van der Waals surface area contributed by atoms with Gasteiger partial charge < -0.3 is 10.0 Å². The van der Waals surface area contributed by atoms with Crippen LogP contribution in [0.25, 0.3) is 0 Å². The Morgan fingerprint density at radius 2 is 2.18 bits per heavy atom. The van der Waals surface area contributed by atoms with Crippen molar-refractivity contribution < 1.29 is 5.11 Å². The van der Waals surface area contributed by atoms with Crippen molar-refractivity contribution in [2.45, 2.75) is 6.42 Å². The lowest BCUT2D eigenvalue weighted by atomic mass is 10.2. The van der Waals surface area contributed by atoms with Gasteiger partial charge in [-0.1, -0.05) is 18.2 Å². The Kier molecular flexibility index (Phi) is 1.55. The summed E-state index contributed by atoms with van der Waals surface area (Å²) in [5, 5.41) is 8.94. The van der Waals surface area contributed by atoms with Crippen molar-refractivity contribution in [2.24, 2.45) is 0 Å². The lowest BCUT2D eigenvalue weighted by molar-refractivity contribution is 0.294. The summed E-state index contributed by atoms with van der Waals surface area (Å²) in [5.74, 6) is 0. The van der Waals surface area contributed by atoms with E-state index in [2.05, 4.69) is 12.1 Å². The fraction of sp³-hybridized carbons (Fsp3) is 0.333. The summed E-state index contributed by atoms with van der Waals surface area (Å²) in [5.41, 5.74) is 2.54. The van der Waals surface area contributed by atoms with Gasteiger partial charge in [-0.3, -0.25) is 0 Å². The van der Waals surface area contributed by atoms with Crippen LogP contribution in [0, 0.1) is 0 Å². The highest BCUT2D eigenvalue weighted by Crippen LogP contribution is 2.26. The average Bonchev–Trinajstić information content (AvgIpc) is 2.47. The van der Waals surface area contributed by atoms with Crippen LogP contribution in [-0.2, 0) is 6.42 Å². The first-order valence-electron chi connectivity index (χ1n) is 3.85. The quantitative estimate of drug-likeness (QED) is 0.644. The third kappa shape index (κ3) is 0.994. The molecule has 1 heterocycles. The van der Waals surface area contributed by atoms with Crippen LogP contribution in [0.4, 0.5) is 5.69 Å². The molecule has 2 rings (SSSR count). The molecule has 0 bridgehead atoms. The molecule has 11 heavy (non-hydrogen) atoms. The number of hydrogen-bond acceptors (Lipinski definition) is 2. The Morgan fingerprint density at radius 3 is 3.00 bits per heavy atom. The standard InChI is InChI=1S/C9H11NO/c11-7-10-6-5-8-3-1-2-4-9(8)10/h1-4,11H,5-7H2. The first kappa shape index (κ1) is 6.68. The lowest BCUT2D eigenvalue weighted by Crippen LogP contribution is -2.20.